The van der Waals surface area contributed by atoms with Gasteiger partial charge in [-0.2, -0.15) is 4.98 Å². The third-order valence-corrected chi connectivity index (χ3v) is 4.71. The second-order valence-corrected chi connectivity index (χ2v) is 6.72. The largest absolute Gasteiger partial charge is 0.493 e. The molecule has 0 aliphatic heterocycles. The number of nitrogens with zero attached hydrogens (tertiary/aromatic N) is 2. The summed E-state index contributed by atoms with van der Waals surface area (Å²) < 4.78 is 26.8. The molecule has 9 heteroatoms. The van der Waals surface area contributed by atoms with Crippen LogP contribution in [0.3, 0.4) is 0 Å². The third-order valence-electron chi connectivity index (χ3n) is 4.71. The average Bonchev–Trinajstić information content (AvgIpc) is 3.54. The molecule has 0 radical (unpaired) electrons. The molecule has 0 saturated carbocycles. The Balaban J connectivity index is 1.61. The van der Waals surface area contributed by atoms with E-state index in [1.165, 1.54) is 33.7 Å². The molecule has 168 valence electrons. The van der Waals surface area contributed by atoms with Crippen LogP contribution in [-0.2, 0) is 4.79 Å². The first kappa shape index (κ1) is 21.7. The lowest BCUT2D eigenvalue weighted by Crippen LogP contribution is -2.08. The summed E-state index contributed by atoms with van der Waals surface area (Å²) in [7, 11) is 4.59. The molecular weight excluding hydrogens is 426 g/mol. The lowest BCUT2D eigenvalue weighted by molar-refractivity contribution is -0.111. The molecule has 2 heterocycles. The standard InChI is InChI=1S/C24H21N3O6/c1-29-19-13-15(14-20(30-2)22(19)31-3)23-26-24(33-27-23)17-8-4-5-9-18(17)25-21(28)11-10-16-7-6-12-32-16/h4-14H,1-3H3,(H,25,28)/b11-10+. The number of nitrogens with one attached hydrogen (secondary N) is 1. The van der Waals surface area contributed by atoms with Crippen LogP contribution < -0.4 is 19.5 Å². The van der Waals surface area contributed by atoms with Crippen molar-refractivity contribution in [3.63, 3.8) is 0 Å². The number of carbonyl (C=O) groups is 1. The predicted molar refractivity (Wildman–Crippen MR) is 121 cm³/mol. The van der Waals surface area contributed by atoms with Crippen molar-refractivity contribution < 1.29 is 27.9 Å². The second-order valence-electron chi connectivity index (χ2n) is 6.72. The fourth-order valence-electron chi connectivity index (χ4n) is 3.16. The summed E-state index contributed by atoms with van der Waals surface area (Å²) in [5.41, 5.74) is 1.71. The number of amides is 1. The number of hydrogen-bond donors (Lipinski definition) is 1. The van der Waals surface area contributed by atoms with Crippen LogP contribution in [-0.4, -0.2) is 37.4 Å². The van der Waals surface area contributed by atoms with Crippen LogP contribution in [0.5, 0.6) is 17.2 Å². The summed E-state index contributed by atoms with van der Waals surface area (Å²) >= 11 is 0. The summed E-state index contributed by atoms with van der Waals surface area (Å²) in [5, 5.41) is 6.90. The molecule has 0 unspecified atom stereocenters. The first-order valence-electron chi connectivity index (χ1n) is 9.89. The van der Waals surface area contributed by atoms with Gasteiger partial charge in [0, 0.05) is 11.6 Å². The van der Waals surface area contributed by atoms with Gasteiger partial charge in [0.1, 0.15) is 5.76 Å². The van der Waals surface area contributed by atoms with Gasteiger partial charge < -0.3 is 28.5 Å². The number of aromatic nitrogens is 2. The fraction of sp³-hybridized carbons (Fsp3) is 0.125. The van der Waals surface area contributed by atoms with Gasteiger partial charge in [-0.3, -0.25) is 4.79 Å². The zero-order valence-electron chi connectivity index (χ0n) is 18.2. The third kappa shape index (κ3) is 4.72. The predicted octanol–water partition coefficient (Wildman–Crippen LogP) is 4.67. The Kier molecular flexibility index (Phi) is 6.40. The first-order chi connectivity index (χ1) is 16.1. The Hall–Kier alpha value is -4.53. The summed E-state index contributed by atoms with van der Waals surface area (Å²) in [6, 6.07) is 14.1. The monoisotopic (exact) mass is 447 g/mol. The van der Waals surface area contributed by atoms with E-state index in [1.807, 2.05) is 6.07 Å². The zero-order valence-corrected chi connectivity index (χ0v) is 18.2. The Morgan fingerprint density at radius 3 is 2.42 bits per heavy atom. The summed E-state index contributed by atoms with van der Waals surface area (Å²) in [4.78, 5) is 16.9. The number of para-hydroxylation sites is 1. The number of furan rings is 1. The van der Waals surface area contributed by atoms with Crippen molar-refractivity contribution >= 4 is 17.7 Å². The topological polar surface area (TPSA) is 109 Å². The van der Waals surface area contributed by atoms with Gasteiger partial charge in [-0.15, -0.1) is 0 Å². The van der Waals surface area contributed by atoms with Gasteiger partial charge in [0.15, 0.2) is 11.5 Å². The van der Waals surface area contributed by atoms with E-state index in [-0.39, 0.29) is 11.8 Å². The number of carbonyl (C=O) groups excluding carboxylic acids is 1. The maximum atomic E-state index is 12.4. The summed E-state index contributed by atoms with van der Waals surface area (Å²) in [6.07, 6.45) is 4.49. The Morgan fingerprint density at radius 1 is 1.00 bits per heavy atom. The van der Waals surface area contributed by atoms with Crippen LogP contribution in [0.4, 0.5) is 5.69 Å². The maximum absolute atomic E-state index is 12.4. The summed E-state index contributed by atoms with van der Waals surface area (Å²) in [5.74, 6) is 2.20. The minimum absolute atomic E-state index is 0.240. The van der Waals surface area contributed by atoms with Crippen LogP contribution >= 0.6 is 0 Å². The van der Waals surface area contributed by atoms with Crippen molar-refractivity contribution in [2.75, 3.05) is 26.6 Å². The average molecular weight is 447 g/mol. The van der Waals surface area contributed by atoms with Gasteiger partial charge in [-0.1, -0.05) is 17.3 Å². The second kappa shape index (κ2) is 9.73. The molecule has 0 bridgehead atoms. The van der Waals surface area contributed by atoms with E-state index < -0.39 is 0 Å². The molecule has 0 saturated heterocycles. The zero-order chi connectivity index (χ0) is 23.2. The molecule has 0 aliphatic carbocycles. The van der Waals surface area contributed by atoms with E-state index in [9.17, 15) is 4.79 Å². The number of ether oxygens (including phenoxy) is 3. The number of rotatable bonds is 8. The molecule has 4 aromatic rings. The van der Waals surface area contributed by atoms with Gasteiger partial charge in [-0.25, -0.2) is 0 Å². The van der Waals surface area contributed by atoms with E-state index in [2.05, 4.69) is 15.5 Å². The van der Waals surface area contributed by atoms with Crippen molar-refractivity contribution in [2.45, 2.75) is 0 Å². The quantitative estimate of drug-likeness (QED) is 0.388. The van der Waals surface area contributed by atoms with Crippen molar-refractivity contribution in [2.24, 2.45) is 0 Å². The highest BCUT2D eigenvalue weighted by atomic mass is 16.5. The fourth-order valence-corrected chi connectivity index (χ4v) is 3.16. The van der Waals surface area contributed by atoms with Gasteiger partial charge in [0.05, 0.1) is 38.8 Å². The van der Waals surface area contributed by atoms with Crippen molar-refractivity contribution in [1.82, 2.24) is 10.1 Å². The van der Waals surface area contributed by atoms with Gasteiger partial charge >= 0.3 is 0 Å². The number of methoxy groups -OCH3 is 3. The van der Waals surface area contributed by atoms with Crippen LogP contribution in [0.25, 0.3) is 28.9 Å². The molecule has 0 fully saturated rings. The van der Waals surface area contributed by atoms with Crippen LogP contribution in [0.15, 0.2) is 69.8 Å². The maximum Gasteiger partial charge on any atom is 0.260 e. The van der Waals surface area contributed by atoms with E-state index in [0.29, 0.717) is 45.6 Å². The van der Waals surface area contributed by atoms with E-state index >= 15 is 0 Å². The highest BCUT2D eigenvalue weighted by Gasteiger charge is 2.19. The van der Waals surface area contributed by atoms with Crippen molar-refractivity contribution in [3.05, 3.63) is 66.6 Å². The molecule has 0 spiro atoms. The van der Waals surface area contributed by atoms with Crippen LogP contribution in [0.2, 0.25) is 0 Å². The SMILES string of the molecule is COc1cc(-c2noc(-c3ccccc3NC(=O)/C=C/c3ccco3)n2)cc(OC)c1OC. The van der Waals surface area contributed by atoms with E-state index in [1.54, 1.807) is 48.5 Å². The van der Waals surface area contributed by atoms with Crippen molar-refractivity contribution in [1.29, 1.82) is 0 Å². The summed E-state index contributed by atoms with van der Waals surface area (Å²) in [6.45, 7) is 0. The van der Waals surface area contributed by atoms with Crippen LogP contribution in [0, 0.1) is 0 Å². The highest BCUT2D eigenvalue weighted by molar-refractivity contribution is 6.03. The van der Waals surface area contributed by atoms with E-state index in [4.69, 9.17) is 23.2 Å². The Labute approximate surface area is 189 Å². The normalized spacial score (nSPS) is 10.9. The number of anilines is 1. The number of benzene rings is 2. The smallest absolute Gasteiger partial charge is 0.260 e. The Morgan fingerprint density at radius 2 is 1.76 bits per heavy atom. The minimum atomic E-state index is -0.330. The number of hydrogen-bond acceptors (Lipinski definition) is 8. The van der Waals surface area contributed by atoms with Crippen molar-refractivity contribution in [3.8, 4) is 40.1 Å². The molecular formula is C24H21N3O6. The lowest BCUT2D eigenvalue weighted by Gasteiger charge is -2.12. The molecule has 2 aromatic heterocycles. The van der Waals surface area contributed by atoms with Gasteiger partial charge in [0.2, 0.25) is 17.5 Å². The molecule has 9 nitrogen and oxygen atoms in total. The molecule has 33 heavy (non-hydrogen) atoms. The minimum Gasteiger partial charge on any atom is -0.493 e. The van der Waals surface area contributed by atoms with Gasteiger partial charge in [-0.05, 0) is 42.5 Å². The molecule has 1 N–H and O–H groups in total. The van der Waals surface area contributed by atoms with Gasteiger partial charge in [0.25, 0.3) is 5.89 Å². The highest BCUT2D eigenvalue weighted by Crippen LogP contribution is 2.41. The molecule has 1 amide bonds. The molecule has 0 aliphatic rings. The Bertz CT molecular complexity index is 1250. The molecule has 2 aromatic carbocycles. The molecule has 4 rings (SSSR count). The molecule has 0 atom stereocenters. The lowest BCUT2D eigenvalue weighted by atomic mass is 10.1. The van der Waals surface area contributed by atoms with Crippen LogP contribution in [0.1, 0.15) is 5.76 Å². The van der Waals surface area contributed by atoms with E-state index in [0.717, 1.165) is 0 Å². The first-order valence-corrected chi connectivity index (χ1v) is 9.89.